The predicted molar refractivity (Wildman–Crippen MR) is 91.7 cm³/mol. The van der Waals surface area contributed by atoms with Crippen LogP contribution in [0.25, 0.3) is 0 Å². The molecular formula is C18H26FN3O2. The van der Waals surface area contributed by atoms with Crippen molar-refractivity contribution >= 4 is 11.6 Å². The summed E-state index contributed by atoms with van der Waals surface area (Å²) in [5.74, 6) is -0.0992. The highest BCUT2D eigenvalue weighted by molar-refractivity contribution is 5.76. The van der Waals surface area contributed by atoms with Gasteiger partial charge in [-0.3, -0.25) is 9.69 Å². The van der Waals surface area contributed by atoms with E-state index in [0.717, 1.165) is 57.9 Å². The second-order valence-corrected chi connectivity index (χ2v) is 6.49. The Kier molecular flexibility index (Phi) is 6.04. The molecule has 0 spiro atoms. The van der Waals surface area contributed by atoms with Gasteiger partial charge in [0.15, 0.2) is 0 Å². The molecule has 2 heterocycles. The minimum Gasteiger partial charge on any atom is -0.376 e. The van der Waals surface area contributed by atoms with Crippen LogP contribution in [0.5, 0.6) is 0 Å². The van der Waals surface area contributed by atoms with E-state index in [9.17, 15) is 9.18 Å². The average Bonchev–Trinajstić information content (AvgIpc) is 3.13. The fraction of sp³-hybridized carbons (Fsp3) is 0.611. The smallest absolute Gasteiger partial charge is 0.221 e. The summed E-state index contributed by atoms with van der Waals surface area (Å²) in [6.45, 7) is 5.91. The monoisotopic (exact) mass is 335 g/mol. The molecule has 5 nitrogen and oxygen atoms in total. The van der Waals surface area contributed by atoms with Crippen molar-refractivity contribution in [2.45, 2.75) is 25.4 Å². The van der Waals surface area contributed by atoms with Gasteiger partial charge in [0, 0.05) is 58.0 Å². The van der Waals surface area contributed by atoms with Gasteiger partial charge in [-0.1, -0.05) is 0 Å². The van der Waals surface area contributed by atoms with Gasteiger partial charge in [0.25, 0.3) is 0 Å². The molecule has 1 N–H and O–H groups in total. The summed E-state index contributed by atoms with van der Waals surface area (Å²) in [5.41, 5.74) is 1.06. The van der Waals surface area contributed by atoms with Gasteiger partial charge in [-0.25, -0.2) is 4.39 Å². The largest absolute Gasteiger partial charge is 0.376 e. The zero-order chi connectivity index (χ0) is 16.8. The van der Waals surface area contributed by atoms with Gasteiger partial charge in [-0.15, -0.1) is 0 Å². The number of halogens is 1. The van der Waals surface area contributed by atoms with Crippen molar-refractivity contribution in [3.63, 3.8) is 0 Å². The normalized spacial score (nSPS) is 21.9. The quantitative estimate of drug-likeness (QED) is 0.858. The topological polar surface area (TPSA) is 44.8 Å². The Morgan fingerprint density at radius 2 is 1.96 bits per heavy atom. The lowest BCUT2D eigenvalue weighted by Gasteiger charge is -2.36. The number of hydrogen-bond donors (Lipinski definition) is 1. The Morgan fingerprint density at radius 3 is 2.62 bits per heavy atom. The summed E-state index contributed by atoms with van der Waals surface area (Å²) >= 11 is 0. The lowest BCUT2D eigenvalue weighted by molar-refractivity contribution is -0.121. The Bertz CT molecular complexity index is 524. The molecule has 0 aliphatic carbocycles. The van der Waals surface area contributed by atoms with Crippen molar-refractivity contribution in [1.29, 1.82) is 0 Å². The van der Waals surface area contributed by atoms with Crippen LogP contribution in [0.3, 0.4) is 0 Å². The molecule has 2 aliphatic rings. The maximum absolute atomic E-state index is 13.0. The van der Waals surface area contributed by atoms with Crippen LogP contribution in [0, 0.1) is 5.82 Å². The number of rotatable bonds is 6. The fourth-order valence-corrected chi connectivity index (χ4v) is 3.26. The second kappa shape index (κ2) is 8.44. The fourth-order valence-electron chi connectivity index (χ4n) is 3.26. The van der Waals surface area contributed by atoms with E-state index in [-0.39, 0.29) is 17.8 Å². The maximum atomic E-state index is 13.0. The Morgan fingerprint density at radius 1 is 1.21 bits per heavy atom. The van der Waals surface area contributed by atoms with Gasteiger partial charge in [-0.05, 0) is 37.1 Å². The molecule has 1 atom stereocenters. The molecule has 1 unspecified atom stereocenters. The first kappa shape index (κ1) is 17.2. The standard InChI is InChI=1S/C18H26FN3O2/c19-15-3-5-16(6-4-15)22-11-9-21(10-12-22)8-7-18(23)20-14-17-2-1-13-24-17/h3-6,17H,1-2,7-14H2,(H,20,23). The number of nitrogens with one attached hydrogen (secondary N) is 1. The number of benzene rings is 1. The molecule has 24 heavy (non-hydrogen) atoms. The van der Waals surface area contributed by atoms with Crippen LogP contribution in [0.4, 0.5) is 10.1 Å². The molecule has 0 aromatic heterocycles. The third-order valence-corrected chi connectivity index (χ3v) is 4.77. The van der Waals surface area contributed by atoms with E-state index in [1.807, 2.05) is 12.1 Å². The summed E-state index contributed by atoms with van der Waals surface area (Å²) in [6, 6.07) is 6.65. The third-order valence-electron chi connectivity index (χ3n) is 4.77. The first-order chi connectivity index (χ1) is 11.7. The van der Waals surface area contributed by atoms with Gasteiger partial charge in [0.2, 0.25) is 5.91 Å². The number of anilines is 1. The van der Waals surface area contributed by atoms with Crippen LogP contribution >= 0.6 is 0 Å². The zero-order valence-corrected chi connectivity index (χ0v) is 14.0. The molecular weight excluding hydrogens is 309 g/mol. The van der Waals surface area contributed by atoms with Crippen molar-refractivity contribution in [3.05, 3.63) is 30.1 Å². The number of carbonyl (C=O) groups excluding carboxylic acids is 1. The molecule has 1 aromatic carbocycles. The highest BCUT2D eigenvalue weighted by Crippen LogP contribution is 2.17. The zero-order valence-electron chi connectivity index (χ0n) is 14.0. The van der Waals surface area contributed by atoms with Gasteiger partial charge in [-0.2, -0.15) is 0 Å². The SMILES string of the molecule is O=C(CCN1CCN(c2ccc(F)cc2)CC1)NCC1CCCO1. The van der Waals surface area contributed by atoms with Crippen molar-refractivity contribution < 1.29 is 13.9 Å². The van der Waals surface area contributed by atoms with E-state index in [1.165, 1.54) is 12.1 Å². The highest BCUT2D eigenvalue weighted by atomic mass is 19.1. The van der Waals surface area contributed by atoms with Crippen molar-refractivity contribution in [2.75, 3.05) is 50.8 Å². The van der Waals surface area contributed by atoms with Crippen LogP contribution < -0.4 is 10.2 Å². The van der Waals surface area contributed by atoms with Gasteiger partial charge < -0.3 is 15.0 Å². The predicted octanol–water partition coefficient (Wildman–Crippen LogP) is 1.63. The van der Waals surface area contributed by atoms with Crippen molar-refractivity contribution in [1.82, 2.24) is 10.2 Å². The van der Waals surface area contributed by atoms with E-state index in [0.29, 0.717) is 13.0 Å². The average molecular weight is 335 g/mol. The maximum Gasteiger partial charge on any atom is 0.221 e. The Labute approximate surface area is 142 Å². The summed E-state index contributed by atoms with van der Waals surface area (Å²) < 4.78 is 18.5. The number of carbonyl (C=O) groups is 1. The minimum absolute atomic E-state index is 0.103. The number of hydrogen-bond acceptors (Lipinski definition) is 4. The molecule has 1 amide bonds. The van der Waals surface area contributed by atoms with E-state index in [4.69, 9.17) is 4.74 Å². The molecule has 0 bridgehead atoms. The number of ether oxygens (including phenoxy) is 1. The van der Waals surface area contributed by atoms with E-state index in [1.54, 1.807) is 0 Å². The number of piperazine rings is 1. The molecule has 2 fully saturated rings. The van der Waals surface area contributed by atoms with E-state index < -0.39 is 0 Å². The van der Waals surface area contributed by atoms with Crippen LogP contribution in [-0.2, 0) is 9.53 Å². The molecule has 1 aromatic rings. The summed E-state index contributed by atoms with van der Waals surface area (Å²) in [4.78, 5) is 16.5. The van der Waals surface area contributed by atoms with Gasteiger partial charge >= 0.3 is 0 Å². The van der Waals surface area contributed by atoms with Crippen LogP contribution in [0.15, 0.2) is 24.3 Å². The molecule has 2 saturated heterocycles. The molecule has 0 radical (unpaired) electrons. The molecule has 132 valence electrons. The van der Waals surface area contributed by atoms with Gasteiger partial charge in [0.05, 0.1) is 6.10 Å². The van der Waals surface area contributed by atoms with Crippen LogP contribution in [-0.4, -0.2) is 62.8 Å². The molecule has 6 heteroatoms. The third kappa shape index (κ3) is 4.92. The summed E-state index contributed by atoms with van der Waals surface area (Å²) in [6.07, 6.45) is 2.88. The Balaban J connectivity index is 1.33. The van der Waals surface area contributed by atoms with Crippen molar-refractivity contribution in [3.8, 4) is 0 Å². The van der Waals surface area contributed by atoms with Crippen LogP contribution in [0.1, 0.15) is 19.3 Å². The first-order valence-electron chi connectivity index (χ1n) is 8.82. The minimum atomic E-state index is -0.202. The lowest BCUT2D eigenvalue weighted by Crippen LogP contribution is -2.47. The Hall–Kier alpha value is -1.66. The number of amides is 1. The van der Waals surface area contributed by atoms with Gasteiger partial charge in [0.1, 0.15) is 5.82 Å². The highest BCUT2D eigenvalue weighted by Gasteiger charge is 2.19. The first-order valence-corrected chi connectivity index (χ1v) is 8.82. The summed E-state index contributed by atoms with van der Waals surface area (Å²) in [5, 5.41) is 2.97. The summed E-state index contributed by atoms with van der Waals surface area (Å²) in [7, 11) is 0. The molecule has 0 saturated carbocycles. The van der Waals surface area contributed by atoms with E-state index >= 15 is 0 Å². The number of nitrogens with zero attached hydrogens (tertiary/aromatic N) is 2. The molecule has 2 aliphatic heterocycles. The van der Waals surface area contributed by atoms with Crippen molar-refractivity contribution in [2.24, 2.45) is 0 Å². The molecule has 3 rings (SSSR count). The lowest BCUT2D eigenvalue weighted by atomic mass is 10.2. The second-order valence-electron chi connectivity index (χ2n) is 6.49. The van der Waals surface area contributed by atoms with Crippen LogP contribution in [0.2, 0.25) is 0 Å². The van der Waals surface area contributed by atoms with E-state index in [2.05, 4.69) is 15.1 Å².